The summed E-state index contributed by atoms with van der Waals surface area (Å²) in [6.07, 6.45) is 0. The summed E-state index contributed by atoms with van der Waals surface area (Å²) in [4.78, 5) is 12.2. The monoisotopic (exact) mass is 372 g/mol. The minimum absolute atomic E-state index is 0.107. The lowest BCUT2D eigenvalue weighted by molar-refractivity contribution is -0.117. The van der Waals surface area contributed by atoms with Gasteiger partial charge in [0.2, 0.25) is 15.9 Å². The van der Waals surface area contributed by atoms with Crippen LogP contribution in [0.1, 0.15) is 6.92 Å². The van der Waals surface area contributed by atoms with Crippen LogP contribution in [0.5, 0.6) is 0 Å². The van der Waals surface area contributed by atoms with Crippen LogP contribution in [0.15, 0.2) is 71.6 Å². The van der Waals surface area contributed by atoms with E-state index < -0.39 is 27.8 Å². The number of fused-ring (bicyclic) bond motifs is 1. The molecule has 26 heavy (non-hydrogen) atoms. The number of nitrogens with one attached hydrogen (secondary N) is 2. The average Bonchev–Trinajstić information content (AvgIpc) is 2.61. The number of sulfonamides is 1. The van der Waals surface area contributed by atoms with E-state index in [-0.39, 0.29) is 4.90 Å². The van der Waals surface area contributed by atoms with Gasteiger partial charge in [0.1, 0.15) is 5.82 Å². The normalized spacial score (nSPS) is 12.7. The fraction of sp³-hybridized carbons (Fsp3) is 0.105. The molecule has 0 saturated heterocycles. The predicted molar refractivity (Wildman–Crippen MR) is 98.8 cm³/mol. The molecule has 0 spiro atoms. The molecule has 0 aliphatic heterocycles. The van der Waals surface area contributed by atoms with Crippen molar-refractivity contribution in [2.45, 2.75) is 17.9 Å². The van der Waals surface area contributed by atoms with Crippen molar-refractivity contribution < 1.29 is 17.6 Å². The first-order valence-corrected chi connectivity index (χ1v) is 9.41. The van der Waals surface area contributed by atoms with Crippen LogP contribution in [0.2, 0.25) is 0 Å². The van der Waals surface area contributed by atoms with Crippen molar-refractivity contribution in [3.05, 3.63) is 72.5 Å². The van der Waals surface area contributed by atoms with Gasteiger partial charge in [-0.25, -0.2) is 12.8 Å². The first-order chi connectivity index (χ1) is 12.3. The number of halogens is 1. The van der Waals surface area contributed by atoms with Gasteiger partial charge >= 0.3 is 0 Å². The molecule has 0 aliphatic carbocycles. The largest absolute Gasteiger partial charge is 0.325 e. The molecule has 7 heteroatoms. The van der Waals surface area contributed by atoms with Gasteiger partial charge in [-0.15, -0.1) is 0 Å². The molecule has 0 aromatic heterocycles. The van der Waals surface area contributed by atoms with E-state index in [2.05, 4.69) is 10.0 Å². The molecule has 0 heterocycles. The topological polar surface area (TPSA) is 75.3 Å². The Labute approximate surface area is 150 Å². The molecule has 2 N–H and O–H groups in total. The molecule has 0 saturated carbocycles. The summed E-state index contributed by atoms with van der Waals surface area (Å²) in [5.41, 5.74) is 0.571. The van der Waals surface area contributed by atoms with Crippen LogP contribution in [0, 0.1) is 5.82 Å². The molecule has 0 aliphatic rings. The molecule has 134 valence electrons. The van der Waals surface area contributed by atoms with E-state index in [1.54, 1.807) is 6.07 Å². The van der Waals surface area contributed by atoms with Gasteiger partial charge in [0.25, 0.3) is 0 Å². The number of carbonyl (C=O) groups excluding carboxylic acids is 1. The van der Waals surface area contributed by atoms with Crippen LogP contribution in [-0.2, 0) is 14.8 Å². The standard InChI is InChI=1S/C19H17FN2O3S/c1-13(22-26(24,25)18-10-7-16(20)8-11-18)19(23)21-17-9-6-14-4-2-3-5-15(14)12-17/h2-13,22H,1H3,(H,21,23)/t13-/m0/s1. The quantitative estimate of drug-likeness (QED) is 0.722. The van der Waals surface area contributed by atoms with Crippen molar-refractivity contribution in [2.75, 3.05) is 5.32 Å². The Morgan fingerprint density at radius 2 is 1.62 bits per heavy atom. The second kappa shape index (κ2) is 7.23. The smallest absolute Gasteiger partial charge is 0.242 e. The molecule has 5 nitrogen and oxygen atoms in total. The number of hydrogen-bond acceptors (Lipinski definition) is 3. The summed E-state index contributed by atoms with van der Waals surface area (Å²) in [7, 11) is -3.93. The Morgan fingerprint density at radius 3 is 2.31 bits per heavy atom. The maximum atomic E-state index is 12.9. The molecule has 3 aromatic carbocycles. The van der Waals surface area contributed by atoms with Crippen LogP contribution in [0.3, 0.4) is 0 Å². The average molecular weight is 372 g/mol. The minimum Gasteiger partial charge on any atom is -0.325 e. The third kappa shape index (κ3) is 4.07. The van der Waals surface area contributed by atoms with E-state index in [0.717, 1.165) is 35.0 Å². The van der Waals surface area contributed by atoms with E-state index in [9.17, 15) is 17.6 Å². The first kappa shape index (κ1) is 18.0. The van der Waals surface area contributed by atoms with E-state index >= 15 is 0 Å². The molecule has 0 bridgehead atoms. The summed E-state index contributed by atoms with van der Waals surface area (Å²) < 4.78 is 39.8. The molecule has 0 fully saturated rings. The fourth-order valence-electron chi connectivity index (χ4n) is 2.49. The predicted octanol–water partition coefficient (Wildman–Crippen LogP) is 3.28. The molecule has 1 atom stereocenters. The molecule has 3 rings (SSSR count). The number of carbonyl (C=O) groups is 1. The second-order valence-corrected chi connectivity index (χ2v) is 7.56. The van der Waals surface area contributed by atoms with Gasteiger partial charge in [0.15, 0.2) is 0 Å². The van der Waals surface area contributed by atoms with Gasteiger partial charge in [-0.2, -0.15) is 4.72 Å². The highest BCUT2D eigenvalue weighted by molar-refractivity contribution is 7.89. The third-order valence-electron chi connectivity index (χ3n) is 3.87. The van der Waals surface area contributed by atoms with Crippen LogP contribution in [0.25, 0.3) is 10.8 Å². The highest BCUT2D eigenvalue weighted by Gasteiger charge is 2.22. The maximum Gasteiger partial charge on any atom is 0.242 e. The van der Waals surface area contributed by atoms with Crippen LogP contribution < -0.4 is 10.0 Å². The Bertz CT molecular complexity index is 1050. The van der Waals surface area contributed by atoms with E-state index in [1.807, 2.05) is 36.4 Å². The summed E-state index contributed by atoms with van der Waals surface area (Å²) in [5, 5.41) is 4.69. The number of hydrogen-bond donors (Lipinski definition) is 2. The summed E-state index contributed by atoms with van der Waals surface area (Å²) in [6, 6.07) is 16.5. The summed E-state index contributed by atoms with van der Waals surface area (Å²) in [6.45, 7) is 1.44. The number of rotatable bonds is 5. The Morgan fingerprint density at radius 1 is 0.962 bits per heavy atom. The minimum atomic E-state index is -3.93. The van der Waals surface area contributed by atoms with E-state index in [4.69, 9.17) is 0 Å². The fourth-order valence-corrected chi connectivity index (χ4v) is 3.69. The summed E-state index contributed by atoms with van der Waals surface area (Å²) in [5.74, 6) is -1.03. The SMILES string of the molecule is C[C@H](NS(=O)(=O)c1ccc(F)cc1)C(=O)Nc1ccc2ccccc2c1. The lowest BCUT2D eigenvalue weighted by Gasteiger charge is -2.15. The molecule has 0 radical (unpaired) electrons. The lowest BCUT2D eigenvalue weighted by atomic mass is 10.1. The van der Waals surface area contributed by atoms with Gasteiger partial charge in [-0.3, -0.25) is 4.79 Å². The zero-order valence-electron chi connectivity index (χ0n) is 13.9. The zero-order valence-corrected chi connectivity index (χ0v) is 14.8. The molecular weight excluding hydrogens is 355 g/mol. The Kier molecular flexibility index (Phi) is 5.01. The molecule has 0 unspecified atom stereocenters. The van der Waals surface area contributed by atoms with E-state index in [1.165, 1.54) is 6.92 Å². The van der Waals surface area contributed by atoms with Gasteiger partial charge in [-0.1, -0.05) is 30.3 Å². The number of anilines is 1. The zero-order chi connectivity index (χ0) is 18.7. The maximum absolute atomic E-state index is 12.9. The van der Waals surface area contributed by atoms with Crippen LogP contribution >= 0.6 is 0 Å². The number of benzene rings is 3. The lowest BCUT2D eigenvalue weighted by Crippen LogP contribution is -2.41. The van der Waals surface area contributed by atoms with Crippen molar-refractivity contribution >= 4 is 32.4 Å². The van der Waals surface area contributed by atoms with Crippen LogP contribution in [-0.4, -0.2) is 20.4 Å². The first-order valence-electron chi connectivity index (χ1n) is 7.93. The van der Waals surface area contributed by atoms with Gasteiger partial charge in [-0.05, 0) is 54.1 Å². The van der Waals surface area contributed by atoms with Crippen LogP contribution in [0.4, 0.5) is 10.1 Å². The molecule has 3 aromatic rings. The van der Waals surface area contributed by atoms with Gasteiger partial charge in [0.05, 0.1) is 10.9 Å². The Balaban J connectivity index is 1.71. The van der Waals surface area contributed by atoms with Crippen molar-refractivity contribution in [1.29, 1.82) is 0 Å². The number of amides is 1. The van der Waals surface area contributed by atoms with Crippen molar-refractivity contribution in [2.24, 2.45) is 0 Å². The highest BCUT2D eigenvalue weighted by Crippen LogP contribution is 2.19. The molecule has 1 amide bonds. The molecular formula is C19H17FN2O3S. The highest BCUT2D eigenvalue weighted by atomic mass is 32.2. The van der Waals surface area contributed by atoms with Crippen molar-refractivity contribution in [3.8, 4) is 0 Å². The summed E-state index contributed by atoms with van der Waals surface area (Å²) >= 11 is 0. The van der Waals surface area contributed by atoms with E-state index in [0.29, 0.717) is 5.69 Å². The Hall–Kier alpha value is -2.77. The van der Waals surface area contributed by atoms with Crippen molar-refractivity contribution in [1.82, 2.24) is 4.72 Å². The second-order valence-electron chi connectivity index (χ2n) is 5.85. The van der Waals surface area contributed by atoms with Crippen molar-refractivity contribution in [3.63, 3.8) is 0 Å². The van der Waals surface area contributed by atoms with Gasteiger partial charge in [0, 0.05) is 5.69 Å². The van der Waals surface area contributed by atoms with Gasteiger partial charge < -0.3 is 5.32 Å². The third-order valence-corrected chi connectivity index (χ3v) is 5.42.